The Balaban J connectivity index is 1.46. The molecular formula is C22H28FN3O2S. The summed E-state index contributed by atoms with van der Waals surface area (Å²) in [6.07, 6.45) is 1.05. The minimum absolute atomic E-state index is 0.122. The van der Waals surface area contributed by atoms with Crippen molar-refractivity contribution in [2.24, 2.45) is 4.99 Å². The highest BCUT2D eigenvalue weighted by Crippen LogP contribution is 2.24. The van der Waals surface area contributed by atoms with E-state index in [0.717, 1.165) is 47.5 Å². The van der Waals surface area contributed by atoms with Crippen LogP contribution < -0.4 is 15.4 Å². The minimum atomic E-state index is -0.211. The molecule has 0 aromatic heterocycles. The molecule has 0 bridgehead atoms. The first kappa shape index (κ1) is 21.5. The van der Waals surface area contributed by atoms with E-state index >= 15 is 0 Å². The zero-order valence-electron chi connectivity index (χ0n) is 16.9. The third kappa shape index (κ3) is 6.94. The molecule has 156 valence electrons. The molecule has 7 heteroatoms. The maximum atomic E-state index is 13.0. The molecule has 0 aliphatic carbocycles. The van der Waals surface area contributed by atoms with E-state index in [2.05, 4.69) is 40.7 Å². The Labute approximate surface area is 176 Å². The van der Waals surface area contributed by atoms with Crippen molar-refractivity contribution in [3.8, 4) is 5.75 Å². The summed E-state index contributed by atoms with van der Waals surface area (Å²) in [6, 6.07) is 12.8. The monoisotopic (exact) mass is 417 g/mol. The highest BCUT2D eigenvalue weighted by atomic mass is 32.2. The molecule has 1 aliphatic heterocycles. The average Bonchev–Trinajstić information content (AvgIpc) is 3.23. The van der Waals surface area contributed by atoms with Crippen molar-refractivity contribution in [2.45, 2.75) is 30.9 Å². The van der Waals surface area contributed by atoms with Crippen molar-refractivity contribution in [3.05, 3.63) is 59.4 Å². The van der Waals surface area contributed by atoms with Gasteiger partial charge in [0.2, 0.25) is 0 Å². The summed E-state index contributed by atoms with van der Waals surface area (Å²) in [7, 11) is 1.75. The van der Waals surface area contributed by atoms with Gasteiger partial charge in [0, 0.05) is 42.8 Å². The van der Waals surface area contributed by atoms with Gasteiger partial charge in [0.1, 0.15) is 17.7 Å². The lowest BCUT2D eigenvalue weighted by atomic mass is 10.1. The number of nitrogens with one attached hydrogen (secondary N) is 2. The average molecular weight is 418 g/mol. The molecule has 1 aliphatic rings. The second-order valence-corrected chi connectivity index (χ2v) is 8.04. The van der Waals surface area contributed by atoms with Crippen LogP contribution in [0.15, 0.2) is 52.4 Å². The van der Waals surface area contributed by atoms with Gasteiger partial charge >= 0.3 is 0 Å². The minimum Gasteiger partial charge on any atom is -0.488 e. The van der Waals surface area contributed by atoms with E-state index in [1.807, 2.05) is 0 Å². The Morgan fingerprint density at radius 3 is 2.79 bits per heavy atom. The fourth-order valence-electron chi connectivity index (χ4n) is 2.97. The summed E-state index contributed by atoms with van der Waals surface area (Å²) >= 11 is 1.67. The lowest BCUT2D eigenvalue weighted by Gasteiger charge is -2.18. The summed E-state index contributed by atoms with van der Waals surface area (Å²) in [4.78, 5) is 5.33. The first-order chi connectivity index (χ1) is 14.1. The van der Waals surface area contributed by atoms with Crippen LogP contribution in [0.25, 0.3) is 0 Å². The largest absolute Gasteiger partial charge is 0.488 e. The highest BCUT2D eigenvalue weighted by molar-refractivity contribution is 7.99. The zero-order chi connectivity index (χ0) is 20.5. The third-order valence-electron chi connectivity index (χ3n) is 4.55. The van der Waals surface area contributed by atoms with Crippen molar-refractivity contribution in [2.75, 3.05) is 32.6 Å². The first-order valence-electron chi connectivity index (χ1n) is 9.81. The number of guanidine groups is 1. The Morgan fingerprint density at radius 1 is 1.24 bits per heavy atom. The molecule has 2 aromatic rings. The number of aliphatic imine (C=N–C) groups is 1. The third-order valence-corrected chi connectivity index (χ3v) is 5.56. The maximum Gasteiger partial charge on any atom is 0.191 e. The summed E-state index contributed by atoms with van der Waals surface area (Å²) in [5, 5.41) is 6.65. The van der Waals surface area contributed by atoms with Crippen LogP contribution >= 0.6 is 11.8 Å². The summed E-state index contributed by atoms with van der Waals surface area (Å²) < 4.78 is 24.5. The number of hydrogen-bond acceptors (Lipinski definition) is 4. The zero-order valence-corrected chi connectivity index (χ0v) is 17.7. The quantitative estimate of drug-likeness (QED) is 0.296. The van der Waals surface area contributed by atoms with Gasteiger partial charge in [-0.3, -0.25) is 4.99 Å². The molecule has 0 saturated carbocycles. The van der Waals surface area contributed by atoms with Crippen molar-refractivity contribution in [1.82, 2.24) is 10.6 Å². The second kappa shape index (κ2) is 11.1. The lowest BCUT2D eigenvalue weighted by Crippen LogP contribution is -2.38. The number of ether oxygens (including phenoxy) is 2. The molecule has 0 spiro atoms. The topological polar surface area (TPSA) is 54.9 Å². The number of hydrogen-bond donors (Lipinski definition) is 2. The second-order valence-electron chi connectivity index (χ2n) is 6.87. The van der Waals surface area contributed by atoms with Gasteiger partial charge < -0.3 is 20.1 Å². The van der Waals surface area contributed by atoms with Crippen LogP contribution in [0.4, 0.5) is 4.39 Å². The van der Waals surface area contributed by atoms with Crippen LogP contribution in [-0.2, 0) is 11.3 Å². The Bertz CT molecular complexity index is 808. The van der Waals surface area contributed by atoms with Gasteiger partial charge in [0.05, 0.1) is 13.2 Å². The van der Waals surface area contributed by atoms with E-state index in [-0.39, 0.29) is 11.9 Å². The van der Waals surface area contributed by atoms with Gasteiger partial charge in [-0.15, -0.1) is 11.8 Å². The van der Waals surface area contributed by atoms with Gasteiger partial charge in [-0.2, -0.15) is 0 Å². The van der Waals surface area contributed by atoms with Crippen LogP contribution in [-0.4, -0.2) is 44.6 Å². The molecule has 0 radical (unpaired) electrons. The van der Waals surface area contributed by atoms with E-state index in [9.17, 15) is 4.39 Å². The Hall–Kier alpha value is -2.25. The van der Waals surface area contributed by atoms with Gasteiger partial charge in [0.25, 0.3) is 0 Å². The first-order valence-corrected chi connectivity index (χ1v) is 10.8. The fraction of sp³-hybridized carbons (Fsp3) is 0.409. The van der Waals surface area contributed by atoms with Gasteiger partial charge in [-0.05, 0) is 42.8 Å². The summed E-state index contributed by atoms with van der Waals surface area (Å²) in [5.41, 5.74) is 2.26. The molecule has 1 heterocycles. The van der Waals surface area contributed by atoms with Crippen LogP contribution in [0.2, 0.25) is 0 Å². The standard InChI is InChI=1S/C22H28FN3O2S/c1-16-3-4-17(21(13-16)28-19-9-11-27-15-19)14-26-22(24-2)25-10-12-29-20-7-5-18(23)6-8-20/h3-8,13,19H,9-12,14-15H2,1-2H3,(H2,24,25,26). The number of nitrogens with zero attached hydrogens (tertiary/aromatic N) is 1. The SMILES string of the molecule is CN=C(NCCSc1ccc(F)cc1)NCc1ccc(C)cc1OC1CCOC1. The molecule has 1 saturated heterocycles. The predicted octanol–water partition coefficient (Wildman–Crippen LogP) is 3.76. The van der Waals surface area contributed by atoms with Crippen LogP contribution in [0.1, 0.15) is 17.5 Å². The van der Waals surface area contributed by atoms with Crippen LogP contribution in [0, 0.1) is 12.7 Å². The molecule has 3 rings (SSSR count). The molecule has 0 amide bonds. The number of thioether (sulfide) groups is 1. The molecule has 1 fully saturated rings. The van der Waals surface area contributed by atoms with Crippen molar-refractivity contribution < 1.29 is 13.9 Å². The van der Waals surface area contributed by atoms with E-state index in [1.165, 1.54) is 17.7 Å². The maximum absolute atomic E-state index is 13.0. The predicted molar refractivity (Wildman–Crippen MR) is 116 cm³/mol. The lowest BCUT2D eigenvalue weighted by molar-refractivity contribution is 0.140. The Kier molecular flexibility index (Phi) is 8.19. The molecule has 1 unspecified atom stereocenters. The van der Waals surface area contributed by atoms with Crippen molar-refractivity contribution >= 4 is 17.7 Å². The molecule has 1 atom stereocenters. The van der Waals surface area contributed by atoms with Crippen LogP contribution in [0.5, 0.6) is 5.75 Å². The Morgan fingerprint density at radius 2 is 2.07 bits per heavy atom. The van der Waals surface area contributed by atoms with Crippen molar-refractivity contribution in [1.29, 1.82) is 0 Å². The van der Waals surface area contributed by atoms with Gasteiger partial charge in [0.15, 0.2) is 5.96 Å². The molecular weight excluding hydrogens is 389 g/mol. The van der Waals surface area contributed by atoms with Gasteiger partial charge in [-0.1, -0.05) is 12.1 Å². The van der Waals surface area contributed by atoms with E-state index in [4.69, 9.17) is 9.47 Å². The number of rotatable bonds is 8. The smallest absolute Gasteiger partial charge is 0.191 e. The van der Waals surface area contributed by atoms with E-state index < -0.39 is 0 Å². The fourth-order valence-corrected chi connectivity index (χ4v) is 3.74. The number of benzene rings is 2. The summed E-state index contributed by atoms with van der Waals surface area (Å²) in [5.74, 6) is 2.28. The molecule has 5 nitrogen and oxygen atoms in total. The van der Waals surface area contributed by atoms with Crippen LogP contribution in [0.3, 0.4) is 0 Å². The number of aryl methyl sites for hydroxylation is 1. The molecule has 2 N–H and O–H groups in total. The van der Waals surface area contributed by atoms with E-state index in [1.54, 1.807) is 30.9 Å². The van der Waals surface area contributed by atoms with E-state index in [0.29, 0.717) is 13.2 Å². The molecule has 2 aromatic carbocycles. The number of halogens is 1. The molecule has 29 heavy (non-hydrogen) atoms. The highest BCUT2D eigenvalue weighted by Gasteiger charge is 2.18. The van der Waals surface area contributed by atoms with Crippen molar-refractivity contribution in [3.63, 3.8) is 0 Å². The normalized spacial score (nSPS) is 16.7. The van der Waals surface area contributed by atoms with Gasteiger partial charge in [-0.25, -0.2) is 4.39 Å². The summed E-state index contributed by atoms with van der Waals surface area (Å²) in [6.45, 7) is 4.84.